The van der Waals surface area contributed by atoms with Crippen LogP contribution in [0.4, 0.5) is 0 Å². The van der Waals surface area contributed by atoms with E-state index in [1.54, 1.807) is 6.92 Å². The van der Waals surface area contributed by atoms with Gasteiger partial charge in [0.05, 0.1) is 0 Å². The fourth-order valence-electron chi connectivity index (χ4n) is 1.74. The van der Waals surface area contributed by atoms with Gasteiger partial charge in [0.1, 0.15) is 0 Å². The van der Waals surface area contributed by atoms with Gasteiger partial charge in [0.25, 0.3) is 0 Å². The van der Waals surface area contributed by atoms with E-state index in [4.69, 9.17) is 5.73 Å². The molecule has 0 unspecified atom stereocenters. The standard InChI is InChI=1S/C10H17NO/c1-8(10(11)12)7-9-5-3-2-4-6-9/h7,9H,2-6H2,1H3,(H2,11,12). The van der Waals surface area contributed by atoms with Crippen molar-refractivity contribution in [2.24, 2.45) is 11.7 Å². The first-order valence-corrected chi connectivity index (χ1v) is 4.68. The monoisotopic (exact) mass is 167 g/mol. The van der Waals surface area contributed by atoms with E-state index in [2.05, 4.69) is 0 Å². The molecule has 1 amide bonds. The minimum absolute atomic E-state index is 0.277. The number of allylic oxidation sites excluding steroid dienone is 1. The molecule has 12 heavy (non-hydrogen) atoms. The van der Waals surface area contributed by atoms with Crippen molar-refractivity contribution in [2.45, 2.75) is 39.0 Å². The third kappa shape index (κ3) is 2.68. The second-order valence-electron chi connectivity index (χ2n) is 3.61. The first kappa shape index (κ1) is 9.30. The van der Waals surface area contributed by atoms with Crippen LogP contribution < -0.4 is 5.73 Å². The number of carbonyl (C=O) groups is 1. The second kappa shape index (κ2) is 4.29. The molecule has 0 bridgehead atoms. The third-order valence-corrected chi connectivity index (χ3v) is 2.52. The summed E-state index contributed by atoms with van der Waals surface area (Å²) in [6, 6.07) is 0. The average molecular weight is 167 g/mol. The summed E-state index contributed by atoms with van der Waals surface area (Å²) in [6.45, 7) is 1.80. The molecule has 1 rings (SSSR count). The first-order valence-electron chi connectivity index (χ1n) is 4.68. The Bertz CT molecular complexity index is 190. The largest absolute Gasteiger partial charge is 0.366 e. The van der Waals surface area contributed by atoms with Crippen molar-refractivity contribution in [2.75, 3.05) is 0 Å². The summed E-state index contributed by atoms with van der Waals surface area (Å²) < 4.78 is 0. The molecule has 1 aliphatic carbocycles. The number of hydrogen-bond acceptors (Lipinski definition) is 1. The molecule has 0 aromatic heterocycles. The number of primary amides is 1. The topological polar surface area (TPSA) is 43.1 Å². The molecule has 2 nitrogen and oxygen atoms in total. The van der Waals surface area contributed by atoms with E-state index in [1.165, 1.54) is 32.1 Å². The van der Waals surface area contributed by atoms with Crippen LogP contribution in [0, 0.1) is 5.92 Å². The number of amides is 1. The summed E-state index contributed by atoms with van der Waals surface area (Å²) in [5.41, 5.74) is 5.87. The highest BCUT2D eigenvalue weighted by Crippen LogP contribution is 2.25. The fraction of sp³-hybridized carbons (Fsp3) is 0.700. The predicted octanol–water partition coefficient (Wildman–Crippen LogP) is 2.00. The van der Waals surface area contributed by atoms with Gasteiger partial charge in [-0.15, -0.1) is 0 Å². The average Bonchev–Trinajstić information content (AvgIpc) is 2.06. The molecule has 2 N–H and O–H groups in total. The Kier molecular flexibility index (Phi) is 3.32. The maximum atomic E-state index is 10.7. The smallest absolute Gasteiger partial charge is 0.244 e. The molecule has 1 fully saturated rings. The number of nitrogens with two attached hydrogens (primary N) is 1. The van der Waals surface area contributed by atoms with E-state index in [-0.39, 0.29) is 5.91 Å². The molecule has 0 aromatic carbocycles. The van der Waals surface area contributed by atoms with Crippen LogP contribution in [0.3, 0.4) is 0 Å². The van der Waals surface area contributed by atoms with Crippen LogP contribution in [-0.4, -0.2) is 5.91 Å². The molecule has 68 valence electrons. The zero-order valence-corrected chi connectivity index (χ0v) is 7.68. The Labute approximate surface area is 73.8 Å². The van der Waals surface area contributed by atoms with E-state index in [9.17, 15) is 4.79 Å². The Balaban J connectivity index is 2.47. The van der Waals surface area contributed by atoms with Gasteiger partial charge in [-0.2, -0.15) is 0 Å². The highest BCUT2D eigenvalue weighted by atomic mass is 16.1. The van der Waals surface area contributed by atoms with Gasteiger partial charge in [-0.05, 0) is 25.7 Å². The Morgan fingerprint density at radius 2 is 1.92 bits per heavy atom. The summed E-state index contributed by atoms with van der Waals surface area (Å²) in [5.74, 6) is 0.326. The SMILES string of the molecule is CC(=CC1CCCCC1)C(N)=O. The van der Waals surface area contributed by atoms with Crippen molar-refractivity contribution < 1.29 is 4.79 Å². The number of carbonyl (C=O) groups excluding carboxylic acids is 1. The van der Waals surface area contributed by atoms with E-state index in [0.29, 0.717) is 5.92 Å². The molecule has 0 heterocycles. The lowest BCUT2D eigenvalue weighted by molar-refractivity contribution is -0.114. The molecular weight excluding hydrogens is 150 g/mol. The minimum Gasteiger partial charge on any atom is -0.366 e. The van der Waals surface area contributed by atoms with Crippen molar-refractivity contribution in [3.63, 3.8) is 0 Å². The van der Waals surface area contributed by atoms with Gasteiger partial charge in [-0.3, -0.25) is 4.79 Å². The maximum Gasteiger partial charge on any atom is 0.244 e. The van der Waals surface area contributed by atoms with Gasteiger partial charge in [-0.1, -0.05) is 25.3 Å². The molecule has 1 saturated carbocycles. The van der Waals surface area contributed by atoms with E-state index >= 15 is 0 Å². The molecule has 1 aliphatic rings. The Morgan fingerprint density at radius 1 is 1.33 bits per heavy atom. The van der Waals surface area contributed by atoms with Gasteiger partial charge in [0.2, 0.25) is 5.91 Å². The van der Waals surface area contributed by atoms with E-state index in [1.807, 2.05) is 6.08 Å². The second-order valence-corrected chi connectivity index (χ2v) is 3.61. The van der Waals surface area contributed by atoms with Crippen molar-refractivity contribution in [1.82, 2.24) is 0 Å². The zero-order valence-electron chi connectivity index (χ0n) is 7.68. The van der Waals surface area contributed by atoms with Gasteiger partial charge in [0, 0.05) is 5.57 Å². The lowest BCUT2D eigenvalue weighted by Crippen LogP contribution is -2.13. The van der Waals surface area contributed by atoms with Crippen LogP contribution in [0.1, 0.15) is 39.0 Å². The highest BCUT2D eigenvalue weighted by molar-refractivity contribution is 5.91. The zero-order chi connectivity index (χ0) is 8.97. The Hall–Kier alpha value is -0.790. The van der Waals surface area contributed by atoms with Crippen molar-refractivity contribution in [3.05, 3.63) is 11.6 Å². The highest BCUT2D eigenvalue weighted by Gasteiger charge is 2.11. The molecule has 0 spiro atoms. The van der Waals surface area contributed by atoms with Gasteiger partial charge < -0.3 is 5.73 Å². The van der Waals surface area contributed by atoms with Crippen LogP contribution in [0.15, 0.2) is 11.6 Å². The molecule has 0 atom stereocenters. The Morgan fingerprint density at radius 3 is 2.42 bits per heavy atom. The van der Waals surface area contributed by atoms with Gasteiger partial charge >= 0.3 is 0 Å². The maximum absolute atomic E-state index is 10.7. The lowest BCUT2D eigenvalue weighted by Gasteiger charge is -2.18. The van der Waals surface area contributed by atoms with Crippen LogP contribution >= 0.6 is 0 Å². The first-order chi connectivity index (χ1) is 5.70. The van der Waals surface area contributed by atoms with Crippen LogP contribution in [-0.2, 0) is 4.79 Å². The van der Waals surface area contributed by atoms with Crippen molar-refractivity contribution >= 4 is 5.91 Å². The van der Waals surface area contributed by atoms with Crippen molar-refractivity contribution in [1.29, 1.82) is 0 Å². The van der Waals surface area contributed by atoms with Crippen molar-refractivity contribution in [3.8, 4) is 0 Å². The van der Waals surface area contributed by atoms with Crippen LogP contribution in [0.2, 0.25) is 0 Å². The van der Waals surface area contributed by atoms with Gasteiger partial charge in [-0.25, -0.2) is 0 Å². The minimum atomic E-state index is -0.277. The molecule has 0 aromatic rings. The lowest BCUT2D eigenvalue weighted by atomic mass is 9.88. The molecule has 0 radical (unpaired) electrons. The molecule has 0 saturated heterocycles. The third-order valence-electron chi connectivity index (χ3n) is 2.52. The fourth-order valence-corrected chi connectivity index (χ4v) is 1.74. The summed E-state index contributed by atoms with van der Waals surface area (Å²) in [7, 11) is 0. The van der Waals surface area contributed by atoms with Gasteiger partial charge in [0.15, 0.2) is 0 Å². The van der Waals surface area contributed by atoms with Crippen LogP contribution in [0.25, 0.3) is 0 Å². The quantitative estimate of drug-likeness (QED) is 0.628. The summed E-state index contributed by atoms with van der Waals surface area (Å²) in [6.07, 6.45) is 8.44. The van der Waals surface area contributed by atoms with E-state index in [0.717, 1.165) is 5.57 Å². The van der Waals surface area contributed by atoms with Crippen LogP contribution in [0.5, 0.6) is 0 Å². The predicted molar refractivity (Wildman–Crippen MR) is 49.5 cm³/mol. The number of hydrogen-bond donors (Lipinski definition) is 1. The summed E-state index contributed by atoms with van der Waals surface area (Å²) in [5, 5.41) is 0. The van der Waals surface area contributed by atoms with E-state index < -0.39 is 0 Å². The summed E-state index contributed by atoms with van der Waals surface area (Å²) >= 11 is 0. The normalized spacial score (nSPS) is 20.9. The number of rotatable bonds is 2. The summed E-state index contributed by atoms with van der Waals surface area (Å²) in [4.78, 5) is 10.7. The molecule has 0 aliphatic heterocycles. The molecular formula is C10H17NO. The molecule has 2 heteroatoms.